The van der Waals surface area contributed by atoms with Gasteiger partial charge in [0.15, 0.2) is 0 Å². The summed E-state index contributed by atoms with van der Waals surface area (Å²) in [5.74, 6) is 0.889. The monoisotopic (exact) mass is 199 g/mol. The highest BCUT2D eigenvalue weighted by Gasteiger charge is 2.41. The Kier molecular flexibility index (Phi) is 4.39. The van der Waals surface area contributed by atoms with Crippen molar-refractivity contribution in [1.29, 1.82) is 0 Å². The summed E-state index contributed by atoms with van der Waals surface area (Å²) in [5, 5.41) is 3.54. The molecule has 14 heavy (non-hydrogen) atoms. The van der Waals surface area contributed by atoms with E-state index in [9.17, 15) is 0 Å². The van der Waals surface area contributed by atoms with Gasteiger partial charge in [0.1, 0.15) is 0 Å². The van der Waals surface area contributed by atoms with Crippen molar-refractivity contribution < 1.29 is 4.74 Å². The summed E-state index contributed by atoms with van der Waals surface area (Å²) in [6, 6.07) is 0.578. The summed E-state index contributed by atoms with van der Waals surface area (Å²) in [5.41, 5.74) is 0.361. The van der Waals surface area contributed by atoms with E-state index in [2.05, 4.69) is 33.0 Å². The van der Waals surface area contributed by atoms with E-state index >= 15 is 0 Å². The first-order valence-electron chi connectivity index (χ1n) is 5.89. The maximum Gasteiger partial charge on any atom is 0.0534 e. The molecule has 84 valence electrons. The van der Waals surface area contributed by atoms with Gasteiger partial charge >= 0.3 is 0 Å². The Labute approximate surface area is 88.4 Å². The van der Waals surface area contributed by atoms with Crippen molar-refractivity contribution in [3.05, 3.63) is 0 Å². The van der Waals surface area contributed by atoms with Crippen molar-refractivity contribution in [1.82, 2.24) is 5.32 Å². The number of nitrogens with one attached hydrogen (secondary N) is 1. The Balaban J connectivity index is 2.35. The van der Waals surface area contributed by atoms with Crippen LogP contribution in [0.1, 0.15) is 40.5 Å². The van der Waals surface area contributed by atoms with Gasteiger partial charge in [-0.3, -0.25) is 0 Å². The zero-order valence-electron chi connectivity index (χ0n) is 10.1. The van der Waals surface area contributed by atoms with Crippen LogP contribution in [0.3, 0.4) is 0 Å². The van der Waals surface area contributed by atoms with Crippen LogP contribution in [0.15, 0.2) is 0 Å². The van der Waals surface area contributed by atoms with Gasteiger partial charge in [-0.25, -0.2) is 0 Å². The summed E-state index contributed by atoms with van der Waals surface area (Å²) in [6.07, 6.45) is 2.78. The summed E-state index contributed by atoms with van der Waals surface area (Å²) in [4.78, 5) is 0. The second-order valence-electron chi connectivity index (χ2n) is 5.10. The van der Waals surface area contributed by atoms with Crippen molar-refractivity contribution in [3.8, 4) is 0 Å². The Morgan fingerprint density at radius 2 is 2.07 bits per heavy atom. The molecule has 0 bridgehead atoms. The third-order valence-electron chi connectivity index (χ3n) is 3.11. The van der Waals surface area contributed by atoms with Crippen LogP contribution in [-0.2, 0) is 4.74 Å². The number of hydrogen-bond acceptors (Lipinski definition) is 2. The van der Waals surface area contributed by atoms with Crippen molar-refractivity contribution in [2.24, 2.45) is 11.3 Å². The smallest absolute Gasteiger partial charge is 0.0534 e. The molecule has 1 fully saturated rings. The van der Waals surface area contributed by atoms with E-state index in [1.54, 1.807) is 0 Å². The van der Waals surface area contributed by atoms with Gasteiger partial charge < -0.3 is 10.1 Å². The molecule has 0 heterocycles. The molecule has 1 atom stereocenters. The van der Waals surface area contributed by atoms with Crippen LogP contribution in [-0.4, -0.2) is 25.8 Å². The van der Waals surface area contributed by atoms with Gasteiger partial charge in [-0.2, -0.15) is 0 Å². The fraction of sp³-hybridized carbons (Fsp3) is 1.00. The van der Waals surface area contributed by atoms with Gasteiger partial charge in [-0.05, 0) is 25.7 Å². The molecule has 1 aliphatic rings. The molecular formula is C12H25NO. The molecule has 0 aromatic heterocycles. The van der Waals surface area contributed by atoms with Gasteiger partial charge in [0.25, 0.3) is 0 Å². The molecule has 0 amide bonds. The van der Waals surface area contributed by atoms with E-state index in [1.165, 1.54) is 12.8 Å². The maximum absolute atomic E-state index is 5.59. The number of ether oxygens (including phenoxy) is 1. The third-order valence-corrected chi connectivity index (χ3v) is 3.11. The Morgan fingerprint density at radius 3 is 2.50 bits per heavy atom. The fourth-order valence-corrected chi connectivity index (χ4v) is 1.87. The lowest BCUT2D eigenvalue weighted by Crippen LogP contribution is -2.40. The van der Waals surface area contributed by atoms with Crippen LogP contribution >= 0.6 is 0 Å². The molecule has 0 spiro atoms. The first kappa shape index (κ1) is 12.0. The first-order valence-corrected chi connectivity index (χ1v) is 5.89. The minimum absolute atomic E-state index is 0.361. The summed E-state index contributed by atoms with van der Waals surface area (Å²) in [6.45, 7) is 11.7. The summed E-state index contributed by atoms with van der Waals surface area (Å²) in [7, 11) is 0. The van der Waals surface area contributed by atoms with Crippen LogP contribution in [0.25, 0.3) is 0 Å². The van der Waals surface area contributed by atoms with E-state index in [1.807, 2.05) is 0 Å². The van der Waals surface area contributed by atoms with Crippen molar-refractivity contribution in [2.75, 3.05) is 19.8 Å². The van der Waals surface area contributed by atoms with Crippen LogP contribution in [0.4, 0.5) is 0 Å². The third kappa shape index (κ3) is 3.58. The zero-order valence-corrected chi connectivity index (χ0v) is 10.1. The highest BCUT2D eigenvalue weighted by Crippen LogP contribution is 2.45. The van der Waals surface area contributed by atoms with Crippen molar-refractivity contribution in [2.45, 2.75) is 46.6 Å². The van der Waals surface area contributed by atoms with Crippen molar-refractivity contribution in [3.63, 3.8) is 0 Å². The lowest BCUT2D eigenvalue weighted by molar-refractivity contribution is 0.0461. The van der Waals surface area contributed by atoms with E-state index in [0.717, 1.165) is 25.7 Å². The van der Waals surface area contributed by atoms with Gasteiger partial charge in [0.2, 0.25) is 0 Å². The lowest BCUT2D eigenvalue weighted by atomic mass is 9.85. The van der Waals surface area contributed by atoms with E-state index in [0.29, 0.717) is 11.5 Å². The molecule has 2 heteroatoms. The van der Waals surface area contributed by atoms with Gasteiger partial charge in [-0.1, -0.05) is 20.8 Å². The van der Waals surface area contributed by atoms with E-state index < -0.39 is 0 Å². The molecule has 1 unspecified atom stereocenters. The minimum Gasteiger partial charge on any atom is -0.381 e. The molecule has 2 nitrogen and oxygen atoms in total. The fourth-order valence-electron chi connectivity index (χ4n) is 1.87. The second-order valence-corrected chi connectivity index (χ2v) is 5.10. The first-order chi connectivity index (χ1) is 6.58. The molecule has 1 aliphatic carbocycles. The van der Waals surface area contributed by atoms with Gasteiger partial charge in [0.05, 0.1) is 6.61 Å². The maximum atomic E-state index is 5.59. The Morgan fingerprint density at radius 1 is 1.43 bits per heavy atom. The normalized spacial score (nSPS) is 21.2. The lowest BCUT2D eigenvalue weighted by Gasteiger charge is -2.30. The topological polar surface area (TPSA) is 21.3 Å². The average Bonchev–Trinajstić information content (AvgIpc) is 2.94. The summed E-state index contributed by atoms with van der Waals surface area (Å²) >= 11 is 0. The summed E-state index contributed by atoms with van der Waals surface area (Å²) < 4.78 is 5.59. The van der Waals surface area contributed by atoms with Crippen molar-refractivity contribution >= 4 is 0 Å². The molecular weight excluding hydrogens is 174 g/mol. The highest BCUT2D eigenvalue weighted by molar-refractivity contribution is 4.92. The number of hydrogen-bond donors (Lipinski definition) is 1. The molecule has 0 aromatic rings. The van der Waals surface area contributed by atoms with E-state index in [4.69, 9.17) is 4.74 Å². The zero-order chi connectivity index (χ0) is 10.6. The molecule has 0 aromatic carbocycles. The predicted molar refractivity (Wildman–Crippen MR) is 60.5 cm³/mol. The van der Waals surface area contributed by atoms with Crippen LogP contribution < -0.4 is 5.32 Å². The standard InChI is InChI=1S/C12H25NO/c1-5-14-9-12(4,11-6-7-11)8-13-10(2)3/h10-11,13H,5-9H2,1-4H3. The second kappa shape index (κ2) is 5.13. The Hall–Kier alpha value is -0.0800. The molecule has 0 aliphatic heterocycles. The van der Waals surface area contributed by atoms with E-state index in [-0.39, 0.29) is 0 Å². The molecule has 0 radical (unpaired) electrons. The molecule has 1 saturated carbocycles. The number of rotatable bonds is 7. The quantitative estimate of drug-likeness (QED) is 0.680. The Bertz CT molecular complexity index is 166. The minimum atomic E-state index is 0.361. The van der Waals surface area contributed by atoms with Crippen LogP contribution in [0.5, 0.6) is 0 Å². The average molecular weight is 199 g/mol. The van der Waals surface area contributed by atoms with Crippen LogP contribution in [0.2, 0.25) is 0 Å². The van der Waals surface area contributed by atoms with Gasteiger partial charge in [0, 0.05) is 24.6 Å². The molecule has 1 N–H and O–H groups in total. The van der Waals surface area contributed by atoms with Gasteiger partial charge in [-0.15, -0.1) is 0 Å². The molecule has 0 saturated heterocycles. The highest BCUT2D eigenvalue weighted by atomic mass is 16.5. The molecule has 1 rings (SSSR count). The predicted octanol–water partition coefficient (Wildman–Crippen LogP) is 2.44. The van der Waals surface area contributed by atoms with Crippen LogP contribution in [0, 0.1) is 11.3 Å². The SMILES string of the molecule is CCOCC(C)(CNC(C)C)C1CC1. The largest absolute Gasteiger partial charge is 0.381 e.